The van der Waals surface area contributed by atoms with Crippen molar-refractivity contribution in [3.8, 4) is 0 Å². The van der Waals surface area contributed by atoms with Gasteiger partial charge in [0.05, 0.1) is 24.9 Å². The summed E-state index contributed by atoms with van der Waals surface area (Å²) in [6.45, 7) is 0. The van der Waals surface area contributed by atoms with Crippen LogP contribution >= 0.6 is 0 Å². The molecule has 1 unspecified atom stereocenters. The highest BCUT2D eigenvalue weighted by Crippen LogP contribution is 2.39. The van der Waals surface area contributed by atoms with Crippen molar-refractivity contribution in [1.29, 1.82) is 0 Å². The average molecular weight is 488 g/mol. The maximum atomic E-state index is 12.9. The Morgan fingerprint density at radius 3 is 2.62 bits per heavy atom. The molecule has 1 aliphatic carbocycles. The number of aliphatic hydroxyl groups excluding tert-OH is 2. The summed E-state index contributed by atoms with van der Waals surface area (Å²) < 4.78 is 43.2. The number of alkyl halides is 3. The molecule has 0 heterocycles. The number of hydroxylamine groups is 1. The average Bonchev–Trinajstić information content (AvgIpc) is 3.12. The summed E-state index contributed by atoms with van der Waals surface area (Å²) in [5.74, 6) is -0.350. The molecule has 4 N–H and O–H groups in total. The van der Waals surface area contributed by atoms with Gasteiger partial charge in [0.15, 0.2) is 0 Å². The second kappa shape index (κ2) is 13.8. The monoisotopic (exact) mass is 487 g/mol. The molecule has 0 radical (unpaired) electrons. The molecule has 34 heavy (non-hydrogen) atoms. The molecular weight excluding hydrogens is 451 g/mol. The van der Waals surface area contributed by atoms with E-state index in [4.69, 9.17) is 0 Å². The molecule has 0 amide bonds. The summed E-state index contributed by atoms with van der Waals surface area (Å²) in [5, 5.41) is 30.4. The van der Waals surface area contributed by atoms with E-state index in [-0.39, 0.29) is 23.8 Å². The van der Waals surface area contributed by atoms with Crippen molar-refractivity contribution >= 4 is 5.97 Å². The van der Waals surface area contributed by atoms with Crippen LogP contribution in [0.5, 0.6) is 0 Å². The first-order valence-electron chi connectivity index (χ1n) is 11.8. The van der Waals surface area contributed by atoms with Gasteiger partial charge in [-0.3, -0.25) is 4.79 Å². The number of hydrogen-bond donors (Lipinski definition) is 4. The first kappa shape index (κ1) is 28.3. The predicted molar refractivity (Wildman–Crippen MR) is 121 cm³/mol. The van der Waals surface area contributed by atoms with Crippen LogP contribution in [0.4, 0.5) is 13.2 Å². The van der Waals surface area contributed by atoms with Gasteiger partial charge < -0.3 is 20.2 Å². The van der Waals surface area contributed by atoms with Crippen LogP contribution in [0.15, 0.2) is 36.4 Å². The van der Waals surface area contributed by atoms with Crippen molar-refractivity contribution in [2.45, 2.75) is 82.2 Å². The quantitative estimate of drug-likeness (QED) is 0.187. The van der Waals surface area contributed by atoms with Crippen LogP contribution in [0.25, 0.3) is 0 Å². The van der Waals surface area contributed by atoms with E-state index < -0.39 is 23.9 Å². The SMILES string of the molecule is COC(=O)CCC=CCC[C@H]1[C@@H](O)CC(NO)[C@@H]1CC[C@@H](O)CCc1cccc(C(F)(F)F)c1. The Labute approximate surface area is 198 Å². The lowest BCUT2D eigenvalue weighted by Crippen LogP contribution is -2.32. The number of allylic oxidation sites excluding steroid dienone is 2. The molecule has 0 aromatic heterocycles. The molecule has 0 spiro atoms. The van der Waals surface area contributed by atoms with Gasteiger partial charge in [-0.05, 0) is 74.8 Å². The fraction of sp³-hybridized carbons (Fsp3) is 0.640. The second-order valence-electron chi connectivity index (χ2n) is 9.00. The highest BCUT2D eigenvalue weighted by molar-refractivity contribution is 5.69. The molecule has 1 aromatic carbocycles. The minimum atomic E-state index is -4.39. The second-order valence-corrected chi connectivity index (χ2v) is 9.00. The van der Waals surface area contributed by atoms with Gasteiger partial charge >= 0.3 is 12.1 Å². The number of halogens is 3. The fourth-order valence-corrected chi connectivity index (χ4v) is 4.76. The molecule has 9 heteroatoms. The van der Waals surface area contributed by atoms with Crippen molar-refractivity contribution in [2.24, 2.45) is 11.8 Å². The summed E-state index contributed by atoms with van der Waals surface area (Å²) in [6, 6.07) is 4.85. The molecule has 5 atom stereocenters. The standard InChI is InChI=1S/C25H36F3NO5/c1-34-24(32)10-5-3-2-4-9-21-20(22(29-33)16-23(21)31)14-13-19(30)12-11-17-7-6-8-18(15-17)25(26,27)28/h2-3,6-8,15,19-23,29-31,33H,4-5,9-14,16H2,1H3/t19-,20+,21+,22?,23-/m0/s1. The van der Waals surface area contributed by atoms with Crippen molar-refractivity contribution in [1.82, 2.24) is 5.48 Å². The number of aryl methyl sites for hydroxylation is 1. The number of ether oxygens (including phenoxy) is 1. The number of aliphatic hydroxyl groups is 2. The Hall–Kier alpha value is -1.94. The number of nitrogens with one attached hydrogen (secondary N) is 1. The van der Waals surface area contributed by atoms with Gasteiger partial charge in [0, 0.05) is 12.5 Å². The lowest BCUT2D eigenvalue weighted by molar-refractivity contribution is -0.140. The Morgan fingerprint density at radius 2 is 1.94 bits per heavy atom. The molecule has 6 nitrogen and oxygen atoms in total. The lowest BCUT2D eigenvalue weighted by Gasteiger charge is -2.25. The number of carbonyl (C=O) groups excluding carboxylic acids is 1. The Morgan fingerprint density at radius 1 is 1.21 bits per heavy atom. The van der Waals surface area contributed by atoms with Crippen LogP contribution < -0.4 is 5.48 Å². The molecule has 1 aliphatic rings. The van der Waals surface area contributed by atoms with Crippen molar-refractivity contribution in [3.63, 3.8) is 0 Å². The van der Waals surface area contributed by atoms with Gasteiger partial charge in [0.1, 0.15) is 0 Å². The third-order valence-electron chi connectivity index (χ3n) is 6.65. The van der Waals surface area contributed by atoms with Crippen LogP contribution in [0.1, 0.15) is 62.5 Å². The lowest BCUT2D eigenvalue weighted by atomic mass is 9.84. The molecule has 1 fully saturated rings. The largest absolute Gasteiger partial charge is 0.469 e. The zero-order valence-corrected chi connectivity index (χ0v) is 19.5. The van der Waals surface area contributed by atoms with E-state index in [2.05, 4.69) is 10.2 Å². The van der Waals surface area contributed by atoms with Gasteiger partial charge in [-0.25, -0.2) is 5.48 Å². The number of carbonyl (C=O) groups is 1. The highest BCUT2D eigenvalue weighted by atomic mass is 19.4. The van der Waals surface area contributed by atoms with Crippen LogP contribution in [-0.2, 0) is 22.1 Å². The Kier molecular flexibility index (Phi) is 11.5. The van der Waals surface area contributed by atoms with Gasteiger partial charge in [-0.2, -0.15) is 13.2 Å². The summed E-state index contributed by atoms with van der Waals surface area (Å²) >= 11 is 0. The van der Waals surface area contributed by atoms with E-state index in [0.29, 0.717) is 56.9 Å². The van der Waals surface area contributed by atoms with Gasteiger partial charge in [0.2, 0.25) is 0 Å². The predicted octanol–water partition coefficient (Wildman–Crippen LogP) is 4.41. The molecular formula is C25H36F3NO5. The molecule has 1 aromatic rings. The maximum Gasteiger partial charge on any atom is 0.416 e. The maximum absolute atomic E-state index is 12.9. The Balaban J connectivity index is 1.82. The van der Waals surface area contributed by atoms with E-state index in [1.165, 1.54) is 13.2 Å². The van der Waals surface area contributed by atoms with Crippen LogP contribution in [0.3, 0.4) is 0 Å². The number of methoxy groups -OCH3 is 1. The summed E-state index contributed by atoms with van der Waals surface area (Å²) in [5.41, 5.74) is 2.12. The van der Waals surface area contributed by atoms with Crippen molar-refractivity contribution in [2.75, 3.05) is 7.11 Å². The van der Waals surface area contributed by atoms with E-state index in [9.17, 15) is 33.4 Å². The Bertz CT molecular complexity index is 786. The van der Waals surface area contributed by atoms with Crippen molar-refractivity contribution in [3.05, 3.63) is 47.5 Å². The minimum absolute atomic E-state index is 0.0355. The van der Waals surface area contributed by atoms with E-state index in [1.54, 1.807) is 6.07 Å². The van der Waals surface area contributed by atoms with Crippen LogP contribution in [0.2, 0.25) is 0 Å². The first-order chi connectivity index (χ1) is 16.2. The summed E-state index contributed by atoms with van der Waals surface area (Å²) in [7, 11) is 1.35. The third-order valence-corrected chi connectivity index (χ3v) is 6.65. The van der Waals surface area contributed by atoms with E-state index in [1.807, 2.05) is 12.2 Å². The molecule has 192 valence electrons. The zero-order chi connectivity index (χ0) is 25.1. The topological polar surface area (TPSA) is 99.0 Å². The number of hydrogen-bond acceptors (Lipinski definition) is 6. The van der Waals surface area contributed by atoms with E-state index >= 15 is 0 Å². The zero-order valence-electron chi connectivity index (χ0n) is 19.5. The number of rotatable bonds is 13. The summed E-state index contributed by atoms with van der Waals surface area (Å²) in [6.07, 6.45) is 2.65. The molecule has 0 saturated heterocycles. The molecule has 0 bridgehead atoms. The van der Waals surface area contributed by atoms with Gasteiger partial charge in [-0.1, -0.05) is 30.4 Å². The minimum Gasteiger partial charge on any atom is -0.469 e. The first-order valence-corrected chi connectivity index (χ1v) is 11.8. The van der Waals surface area contributed by atoms with Gasteiger partial charge in [-0.15, -0.1) is 0 Å². The number of benzene rings is 1. The van der Waals surface area contributed by atoms with Crippen LogP contribution in [0, 0.1) is 11.8 Å². The molecule has 0 aliphatic heterocycles. The summed E-state index contributed by atoms with van der Waals surface area (Å²) in [4.78, 5) is 11.1. The third kappa shape index (κ3) is 9.02. The van der Waals surface area contributed by atoms with Crippen molar-refractivity contribution < 1.29 is 38.1 Å². The smallest absolute Gasteiger partial charge is 0.416 e. The number of esters is 1. The fourth-order valence-electron chi connectivity index (χ4n) is 4.76. The van der Waals surface area contributed by atoms with Crippen LogP contribution in [-0.4, -0.2) is 46.7 Å². The molecule has 1 saturated carbocycles. The molecule has 2 rings (SSSR count). The van der Waals surface area contributed by atoms with E-state index in [0.717, 1.165) is 18.6 Å². The normalized spacial score (nSPS) is 24.0. The van der Waals surface area contributed by atoms with Gasteiger partial charge in [0.25, 0.3) is 0 Å². The highest BCUT2D eigenvalue weighted by Gasteiger charge is 2.41.